The van der Waals surface area contributed by atoms with Gasteiger partial charge in [0.2, 0.25) is 0 Å². The zero-order chi connectivity index (χ0) is 42.6. The number of H-pyrrole nitrogens is 2. The third-order valence-electron chi connectivity index (χ3n) is 9.74. The Morgan fingerprint density at radius 1 is 0.678 bits per heavy atom. The summed E-state index contributed by atoms with van der Waals surface area (Å²) in [6.07, 6.45) is 10.4. The Hall–Kier alpha value is -6.98. The molecule has 2 aromatic heterocycles. The number of pyridine rings is 2. The SMILES string of the molecule is CC(=O)c1c(-c2ccccc2)c2c([nH]c1=O)CCC2.CCOC(=O)CC#N.N#Cc1c(-c2ccccc2)c2c([nH]c1=O)CCC2.O=C1CCCC1.O=Cc1ccccc1. The van der Waals surface area contributed by atoms with E-state index in [0.717, 1.165) is 121 Å². The number of Topliss-reactive ketones (excluding diaryl/α,β-unsaturated/α-hetero) is 2. The number of ketones is 2. The fraction of sp³-hybridized carbons (Fsp3) is 0.292. The molecule has 2 heterocycles. The Balaban J connectivity index is 0.000000176. The van der Waals surface area contributed by atoms with Gasteiger partial charge >= 0.3 is 5.97 Å². The lowest BCUT2D eigenvalue weighted by Gasteiger charge is -2.12. The summed E-state index contributed by atoms with van der Waals surface area (Å²) in [5.74, 6) is -0.167. The first-order valence-electron chi connectivity index (χ1n) is 19.8. The first-order chi connectivity index (χ1) is 28.6. The number of aromatic amines is 2. The summed E-state index contributed by atoms with van der Waals surface area (Å²) in [4.78, 5) is 72.1. The molecule has 0 atom stereocenters. The van der Waals surface area contributed by atoms with Crippen LogP contribution in [0.2, 0.25) is 0 Å². The molecule has 11 nitrogen and oxygen atoms in total. The highest BCUT2D eigenvalue weighted by atomic mass is 16.5. The molecule has 8 rings (SSSR count). The maximum atomic E-state index is 12.1. The van der Waals surface area contributed by atoms with Crippen LogP contribution in [0.15, 0.2) is 101 Å². The second-order valence-corrected chi connectivity index (χ2v) is 13.8. The number of aryl methyl sites for hydroxylation is 2. The van der Waals surface area contributed by atoms with Crippen molar-refractivity contribution in [3.63, 3.8) is 0 Å². The molecule has 2 N–H and O–H groups in total. The van der Waals surface area contributed by atoms with Crippen LogP contribution in [0.3, 0.4) is 0 Å². The van der Waals surface area contributed by atoms with Gasteiger partial charge in [0.15, 0.2) is 5.78 Å². The second-order valence-electron chi connectivity index (χ2n) is 13.8. The van der Waals surface area contributed by atoms with E-state index >= 15 is 0 Å². The topological polar surface area (TPSA) is 191 Å². The molecular formula is C48H48N4O7. The predicted molar refractivity (Wildman–Crippen MR) is 226 cm³/mol. The van der Waals surface area contributed by atoms with Crippen molar-refractivity contribution in [2.75, 3.05) is 6.61 Å². The Kier molecular flexibility index (Phi) is 17.7. The Morgan fingerprint density at radius 2 is 1.17 bits per heavy atom. The third-order valence-corrected chi connectivity index (χ3v) is 9.74. The number of hydrogen-bond donors (Lipinski definition) is 2. The second kappa shape index (κ2) is 23.3. The van der Waals surface area contributed by atoms with Gasteiger partial charge in [0, 0.05) is 40.9 Å². The minimum Gasteiger partial charge on any atom is -0.465 e. The van der Waals surface area contributed by atoms with E-state index in [0.29, 0.717) is 18.0 Å². The lowest BCUT2D eigenvalue weighted by Crippen LogP contribution is -2.20. The molecule has 302 valence electrons. The number of hydrogen-bond acceptors (Lipinski definition) is 9. The molecule has 0 amide bonds. The van der Waals surface area contributed by atoms with Crippen LogP contribution >= 0.6 is 0 Å². The third kappa shape index (κ3) is 12.8. The summed E-state index contributed by atoms with van der Waals surface area (Å²) >= 11 is 0. The van der Waals surface area contributed by atoms with Crippen LogP contribution in [0, 0.1) is 22.7 Å². The molecule has 5 aromatic rings. The van der Waals surface area contributed by atoms with Crippen LogP contribution in [-0.2, 0) is 40.0 Å². The summed E-state index contributed by atoms with van der Waals surface area (Å²) in [5.41, 5.74) is 8.58. The molecule has 11 heteroatoms. The molecular weight excluding hydrogens is 745 g/mol. The number of nitrogens with one attached hydrogen (secondary N) is 2. The number of nitrogens with zero attached hydrogens (tertiary/aromatic N) is 2. The van der Waals surface area contributed by atoms with Gasteiger partial charge in [-0.25, -0.2) is 0 Å². The summed E-state index contributed by atoms with van der Waals surface area (Å²) in [7, 11) is 0. The minimum absolute atomic E-state index is 0.145. The van der Waals surface area contributed by atoms with Gasteiger partial charge in [0.1, 0.15) is 30.1 Å². The van der Waals surface area contributed by atoms with E-state index in [9.17, 15) is 34.0 Å². The average molecular weight is 793 g/mol. The number of benzene rings is 3. The maximum Gasteiger partial charge on any atom is 0.320 e. The van der Waals surface area contributed by atoms with Crippen molar-refractivity contribution < 1.29 is 23.9 Å². The van der Waals surface area contributed by atoms with Crippen molar-refractivity contribution in [1.82, 2.24) is 9.97 Å². The number of ether oxygens (including phenoxy) is 1. The van der Waals surface area contributed by atoms with Gasteiger partial charge in [-0.2, -0.15) is 10.5 Å². The van der Waals surface area contributed by atoms with Gasteiger partial charge in [0.05, 0.1) is 18.2 Å². The summed E-state index contributed by atoms with van der Waals surface area (Å²) in [6, 6.07) is 32.2. The number of carbonyl (C=O) groups excluding carboxylic acids is 4. The van der Waals surface area contributed by atoms with Gasteiger partial charge in [-0.05, 0) is 87.5 Å². The average Bonchev–Trinajstić information content (AvgIpc) is 4.05. The smallest absolute Gasteiger partial charge is 0.320 e. The van der Waals surface area contributed by atoms with Crippen molar-refractivity contribution in [2.45, 2.75) is 84.5 Å². The van der Waals surface area contributed by atoms with Gasteiger partial charge in [-0.1, -0.05) is 91.0 Å². The van der Waals surface area contributed by atoms with Crippen molar-refractivity contribution in [2.24, 2.45) is 0 Å². The van der Waals surface area contributed by atoms with Crippen LogP contribution in [0.25, 0.3) is 22.3 Å². The lowest BCUT2D eigenvalue weighted by molar-refractivity contribution is -0.141. The fourth-order valence-electron chi connectivity index (χ4n) is 7.11. The zero-order valence-corrected chi connectivity index (χ0v) is 33.5. The zero-order valence-electron chi connectivity index (χ0n) is 33.5. The molecule has 3 aliphatic rings. The van der Waals surface area contributed by atoms with E-state index in [1.54, 1.807) is 25.1 Å². The number of carbonyl (C=O) groups is 4. The number of rotatable bonds is 6. The highest BCUT2D eigenvalue weighted by molar-refractivity contribution is 6.01. The van der Waals surface area contributed by atoms with E-state index in [1.807, 2.05) is 84.9 Å². The highest BCUT2D eigenvalue weighted by Crippen LogP contribution is 2.33. The molecule has 0 bridgehead atoms. The predicted octanol–water partition coefficient (Wildman–Crippen LogP) is 8.23. The Bertz CT molecular complexity index is 2420. The monoisotopic (exact) mass is 792 g/mol. The van der Waals surface area contributed by atoms with Crippen LogP contribution in [-0.4, -0.2) is 40.4 Å². The van der Waals surface area contributed by atoms with Gasteiger partial charge in [-0.3, -0.25) is 28.8 Å². The Morgan fingerprint density at radius 3 is 1.59 bits per heavy atom. The number of nitriles is 2. The molecule has 3 aliphatic carbocycles. The molecule has 59 heavy (non-hydrogen) atoms. The largest absolute Gasteiger partial charge is 0.465 e. The highest BCUT2D eigenvalue weighted by Gasteiger charge is 2.24. The first kappa shape index (κ1) is 44.7. The number of aldehydes is 1. The van der Waals surface area contributed by atoms with Gasteiger partial charge in [-0.15, -0.1) is 0 Å². The first-order valence-corrected chi connectivity index (χ1v) is 19.8. The van der Waals surface area contributed by atoms with E-state index in [4.69, 9.17) is 5.26 Å². The van der Waals surface area contributed by atoms with Crippen molar-refractivity contribution in [3.05, 3.63) is 151 Å². The molecule has 0 spiro atoms. The number of esters is 1. The number of fused-ring (bicyclic) bond motifs is 2. The molecule has 0 unspecified atom stereocenters. The van der Waals surface area contributed by atoms with Crippen LogP contribution in [0.5, 0.6) is 0 Å². The standard InChI is InChI=1S/C16H15NO2.C15H12N2O.C7H6O.C5H7NO2.C5H8O/c1-10(18)14-15(11-6-3-2-4-7-11)12-8-5-9-13(12)17-16(14)19;16-9-12-14(10-5-2-1-3-6-10)11-7-4-8-13(11)17-15(12)18;8-6-7-4-2-1-3-5-7;1-2-8-5(7)3-4-6;6-5-3-1-2-4-5/h2-4,6-7H,5,8-9H2,1H3,(H,17,19);1-3,5-6H,4,7-8H2,(H,17,18);1-6H;2-3H2,1H3;1-4H2. The van der Waals surface area contributed by atoms with E-state index < -0.39 is 5.97 Å². The Labute approximate surface area is 343 Å². The molecule has 1 fully saturated rings. The molecule has 3 aromatic carbocycles. The molecule has 1 saturated carbocycles. The maximum absolute atomic E-state index is 12.1. The summed E-state index contributed by atoms with van der Waals surface area (Å²) in [5, 5.41) is 17.1. The van der Waals surface area contributed by atoms with Crippen LogP contribution in [0.1, 0.15) is 108 Å². The lowest BCUT2D eigenvalue weighted by atomic mass is 9.93. The van der Waals surface area contributed by atoms with E-state index in [1.165, 1.54) is 6.92 Å². The van der Waals surface area contributed by atoms with E-state index in [2.05, 4.69) is 14.7 Å². The van der Waals surface area contributed by atoms with Crippen LogP contribution in [0.4, 0.5) is 0 Å². The van der Waals surface area contributed by atoms with Crippen molar-refractivity contribution >= 4 is 23.8 Å². The minimum atomic E-state index is -0.449. The van der Waals surface area contributed by atoms with Crippen LogP contribution < -0.4 is 11.1 Å². The summed E-state index contributed by atoms with van der Waals surface area (Å²) < 4.78 is 4.42. The fourth-order valence-corrected chi connectivity index (χ4v) is 7.11. The van der Waals surface area contributed by atoms with Gasteiger partial charge in [0.25, 0.3) is 11.1 Å². The quantitative estimate of drug-likeness (QED) is 0.0969. The van der Waals surface area contributed by atoms with E-state index in [-0.39, 0.29) is 28.9 Å². The molecule has 0 saturated heterocycles. The van der Waals surface area contributed by atoms with Gasteiger partial charge < -0.3 is 14.7 Å². The van der Waals surface area contributed by atoms with Crippen molar-refractivity contribution in [3.8, 4) is 34.4 Å². The molecule has 0 radical (unpaired) electrons. The normalized spacial score (nSPS) is 12.7. The summed E-state index contributed by atoms with van der Waals surface area (Å²) in [6.45, 7) is 3.51. The van der Waals surface area contributed by atoms with Crippen molar-refractivity contribution in [1.29, 1.82) is 10.5 Å². The molecule has 0 aliphatic heterocycles. The number of aromatic nitrogens is 2.